The monoisotopic (exact) mass is 212 g/mol. The molecule has 0 fully saturated rings. The molecule has 78 valence electrons. The summed E-state index contributed by atoms with van der Waals surface area (Å²) in [6.45, 7) is 4.98. The lowest BCUT2D eigenvalue weighted by Gasteiger charge is -2.13. The van der Waals surface area contributed by atoms with E-state index in [0.717, 1.165) is 17.9 Å². The van der Waals surface area contributed by atoms with Crippen LogP contribution in [0.25, 0.3) is 0 Å². The number of hydrogen-bond donors (Lipinski definition) is 0. The highest BCUT2D eigenvalue weighted by Gasteiger charge is 2.03. The highest BCUT2D eigenvalue weighted by Crippen LogP contribution is 2.12. The van der Waals surface area contributed by atoms with Gasteiger partial charge in [0.1, 0.15) is 0 Å². The van der Waals surface area contributed by atoms with E-state index in [2.05, 4.69) is 13.8 Å². The minimum absolute atomic E-state index is 0.380. The Kier molecular flexibility index (Phi) is 4.99. The first-order chi connectivity index (χ1) is 6.76. The average molecular weight is 213 g/mol. The zero-order valence-electron chi connectivity index (χ0n) is 8.79. The molecule has 0 atom stereocenters. The van der Waals surface area contributed by atoms with Gasteiger partial charge in [0, 0.05) is 5.02 Å². The van der Waals surface area contributed by atoms with Gasteiger partial charge in [-0.15, -0.1) is 0 Å². The van der Waals surface area contributed by atoms with Gasteiger partial charge in [0.05, 0.1) is 12.7 Å². The second-order valence-corrected chi connectivity index (χ2v) is 3.81. The van der Waals surface area contributed by atoms with Crippen LogP contribution in [0.4, 0.5) is 0 Å². The molecule has 0 heterocycles. The molecule has 0 aliphatic rings. The number of benzene rings is 1. The first-order valence-electron chi connectivity index (χ1n) is 5.12. The van der Waals surface area contributed by atoms with E-state index >= 15 is 0 Å². The third-order valence-corrected chi connectivity index (χ3v) is 2.56. The first kappa shape index (κ1) is 11.5. The molecule has 0 saturated heterocycles. The summed E-state index contributed by atoms with van der Waals surface area (Å²) in [4.78, 5) is 0. The molecule has 1 aromatic carbocycles. The van der Waals surface area contributed by atoms with Gasteiger partial charge in [-0.1, -0.05) is 37.6 Å². The number of halogens is 1. The minimum atomic E-state index is 0.380. The predicted octanol–water partition coefficient (Wildman–Crippen LogP) is 4.05. The van der Waals surface area contributed by atoms with Crippen LogP contribution in [0.5, 0.6) is 0 Å². The van der Waals surface area contributed by atoms with E-state index in [1.54, 1.807) is 0 Å². The molecule has 0 spiro atoms. The molecule has 0 unspecified atom stereocenters. The average Bonchev–Trinajstić information content (AvgIpc) is 2.22. The number of hydrogen-bond acceptors (Lipinski definition) is 1. The standard InChI is InChI=1S/C12H17ClO/c1-3-12(4-2)14-9-10-5-7-11(13)8-6-10/h5-8,12H,3-4,9H2,1-2H3. The fourth-order valence-electron chi connectivity index (χ4n) is 1.32. The van der Waals surface area contributed by atoms with Crippen molar-refractivity contribution in [2.75, 3.05) is 0 Å². The van der Waals surface area contributed by atoms with Crippen molar-refractivity contribution in [3.8, 4) is 0 Å². The third-order valence-electron chi connectivity index (χ3n) is 2.31. The lowest BCUT2D eigenvalue weighted by molar-refractivity contribution is 0.0358. The zero-order chi connectivity index (χ0) is 10.4. The molecular formula is C12H17ClO. The van der Waals surface area contributed by atoms with E-state index < -0.39 is 0 Å². The Bertz CT molecular complexity index is 252. The van der Waals surface area contributed by atoms with Crippen molar-refractivity contribution in [2.45, 2.75) is 39.4 Å². The Morgan fingerprint density at radius 1 is 1.14 bits per heavy atom. The molecular weight excluding hydrogens is 196 g/mol. The number of ether oxygens (including phenoxy) is 1. The second-order valence-electron chi connectivity index (χ2n) is 3.38. The highest BCUT2D eigenvalue weighted by atomic mass is 35.5. The maximum Gasteiger partial charge on any atom is 0.0720 e. The van der Waals surface area contributed by atoms with Crippen LogP contribution in [-0.4, -0.2) is 6.10 Å². The van der Waals surface area contributed by atoms with Crippen molar-refractivity contribution < 1.29 is 4.74 Å². The largest absolute Gasteiger partial charge is 0.374 e. The van der Waals surface area contributed by atoms with E-state index in [1.807, 2.05) is 24.3 Å². The maximum atomic E-state index is 5.79. The van der Waals surface area contributed by atoms with Crippen LogP contribution in [0.15, 0.2) is 24.3 Å². The molecule has 1 rings (SSSR count). The van der Waals surface area contributed by atoms with Gasteiger partial charge >= 0.3 is 0 Å². The molecule has 0 saturated carbocycles. The quantitative estimate of drug-likeness (QED) is 0.716. The Hall–Kier alpha value is -0.530. The Morgan fingerprint density at radius 3 is 2.21 bits per heavy atom. The van der Waals surface area contributed by atoms with Crippen LogP contribution in [-0.2, 0) is 11.3 Å². The molecule has 1 aromatic rings. The molecule has 0 radical (unpaired) electrons. The minimum Gasteiger partial charge on any atom is -0.374 e. The molecule has 0 aromatic heterocycles. The molecule has 0 aliphatic carbocycles. The summed E-state index contributed by atoms with van der Waals surface area (Å²) in [7, 11) is 0. The van der Waals surface area contributed by atoms with Gasteiger partial charge in [0.15, 0.2) is 0 Å². The van der Waals surface area contributed by atoms with Crippen LogP contribution in [0.2, 0.25) is 5.02 Å². The van der Waals surface area contributed by atoms with Crippen LogP contribution < -0.4 is 0 Å². The van der Waals surface area contributed by atoms with Gasteiger partial charge in [-0.2, -0.15) is 0 Å². The Labute approximate surface area is 91.0 Å². The van der Waals surface area contributed by atoms with Gasteiger partial charge in [-0.05, 0) is 30.5 Å². The lowest BCUT2D eigenvalue weighted by Crippen LogP contribution is -2.09. The molecule has 0 aliphatic heterocycles. The Morgan fingerprint density at radius 2 is 1.71 bits per heavy atom. The van der Waals surface area contributed by atoms with Gasteiger partial charge in [-0.3, -0.25) is 0 Å². The van der Waals surface area contributed by atoms with Crippen molar-refractivity contribution in [1.29, 1.82) is 0 Å². The van der Waals surface area contributed by atoms with Gasteiger partial charge in [0.2, 0.25) is 0 Å². The van der Waals surface area contributed by atoms with E-state index in [1.165, 1.54) is 5.56 Å². The summed E-state index contributed by atoms with van der Waals surface area (Å²) in [6.07, 6.45) is 2.53. The summed E-state index contributed by atoms with van der Waals surface area (Å²) in [5.41, 5.74) is 1.18. The van der Waals surface area contributed by atoms with Gasteiger partial charge in [-0.25, -0.2) is 0 Å². The van der Waals surface area contributed by atoms with Crippen LogP contribution in [0.3, 0.4) is 0 Å². The van der Waals surface area contributed by atoms with Crippen molar-refractivity contribution in [3.05, 3.63) is 34.9 Å². The van der Waals surface area contributed by atoms with Gasteiger partial charge < -0.3 is 4.74 Å². The van der Waals surface area contributed by atoms with Crippen LogP contribution >= 0.6 is 11.6 Å². The van der Waals surface area contributed by atoms with Crippen LogP contribution in [0, 0.1) is 0 Å². The van der Waals surface area contributed by atoms with E-state index in [9.17, 15) is 0 Å². The fourth-order valence-corrected chi connectivity index (χ4v) is 1.45. The van der Waals surface area contributed by atoms with Gasteiger partial charge in [0.25, 0.3) is 0 Å². The summed E-state index contributed by atoms with van der Waals surface area (Å²) in [5, 5.41) is 0.774. The van der Waals surface area contributed by atoms with Crippen LogP contribution in [0.1, 0.15) is 32.3 Å². The molecule has 14 heavy (non-hydrogen) atoms. The predicted molar refractivity (Wildman–Crippen MR) is 60.6 cm³/mol. The fraction of sp³-hybridized carbons (Fsp3) is 0.500. The highest BCUT2D eigenvalue weighted by molar-refractivity contribution is 6.30. The first-order valence-corrected chi connectivity index (χ1v) is 5.50. The summed E-state index contributed by atoms with van der Waals surface area (Å²) >= 11 is 5.79. The number of rotatable bonds is 5. The topological polar surface area (TPSA) is 9.23 Å². The van der Waals surface area contributed by atoms with E-state index in [0.29, 0.717) is 12.7 Å². The smallest absolute Gasteiger partial charge is 0.0720 e. The van der Waals surface area contributed by atoms with Crippen molar-refractivity contribution in [1.82, 2.24) is 0 Å². The maximum absolute atomic E-state index is 5.79. The summed E-state index contributed by atoms with van der Waals surface area (Å²) in [6, 6.07) is 7.80. The normalized spacial score (nSPS) is 10.9. The van der Waals surface area contributed by atoms with E-state index in [-0.39, 0.29) is 0 Å². The second kappa shape index (κ2) is 6.05. The lowest BCUT2D eigenvalue weighted by atomic mass is 10.2. The molecule has 2 heteroatoms. The molecule has 1 nitrogen and oxygen atoms in total. The SMILES string of the molecule is CCC(CC)OCc1ccc(Cl)cc1. The summed E-state index contributed by atoms with van der Waals surface area (Å²) in [5.74, 6) is 0. The van der Waals surface area contributed by atoms with E-state index in [4.69, 9.17) is 16.3 Å². The third kappa shape index (κ3) is 3.69. The summed E-state index contributed by atoms with van der Waals surface area (Å²) < 4.78 is 5.72. The molecule has 0 N–H and O–H groups in total. The van der Waals surface area contributed by atoms with Crippen molar-refractivity contribution in [3.63, 3.8) is 0 Å². The zero-order valence-corrected chi connectivity index (χ0v) is 9.55. The Balaban J connectivity index is 2.41. The molecule has 0 bridgehead atoms. The van der Waals surface area contributed by atoms with Crippen molar-refractivity contribution in [2.24, 2.45) is 0 Å². The van der Waals surface area contributed by atoms with Crippen molar-refractivity contribution >= 4 is 11.6 Å². The molecule has 0 amide bonds.